The van der Waals surface area contributed by atoms with Gasteiger partial charge in [0.15, 0.2) is 6.17 Å². The minimum absolute atomic E-state index is 0.0212. The Labute approximate surface area is 156 Å². The van der Waals surface area contributed by atoms with Crippen molar-refractivity contribution >= 4 is 28.7 Å². The van der Waals surface area contributed by atoms with Gasteiger partial charge in [0.25, 0.3) is 0 Å². The first-order valence-electron chi connectivity index (χ1n) is 8.36. The van der Waals surface area contributed by atoms with E-state index in [1.165, 1.54) is 4.90 Å². The van der Waals surface area contributed by atoms with Gasteiger partial charge in [0, 0.05) is 28.9 Å². The number of benzene rings is 1. The van der Waals surface area contributed by atoms with Crippen molar-refractivity contribution in [1.29, 1.82) is 5.26 Å². The lowest BCUT2D eigenvalue weighted by Gasteiger charge is -2.35. The predicted molar refractivity (Wildman–Crippen MR) is 100.0 cm³/mol. The monoisotopic (exact) mass is 376 g/mol. The van der Waals surface area contributed by atoms with Crippen LogP contribution in [-0.4, -0.2) is 35.1 Å². The summed E-state index contributed by atoms with van der Waals surface area (Å²) in [4.78, 5) is 5.98. The van der Waals surface area contributed by atoms with Crippen molar-refractivity contribution in [3.63, 3.8) is 0 Å². The largest absolute Gasteiger partial charge is 0.343 e. The molecule has 2 aromatic rings. The number of allylic oxidation sites excluding steroid dienone is 1. The molecule has 1 aromatic heterocycles. The molecule has 7 heteroatoms. The summed E-state index contributed by atoms with van der Waals surface area (Å²) in [6.45, 7) is 2.30. The first-order chi connectivity index (χ1) is 12.5. The van der Waals surface area contributed by atoms with Crippen molar-refractivity contribution < 1.29 is 8.78 Å². The molecule has 4 nitrogen and oxygen atoms in total. The van der Waals surface area contributed by atoms with Crippen LogP contribution in [0.4, 0.5) is 8.78 Å². The zero-order valence-electron chi connectivity index (χ0n) is 14.5. The fourth-order valence-electron chi connectivity index (χ4n) is 3.40. The molecule has 0 N–H and O–H groups in total. The molecule has 0 spiro atoms. The molecule has 26 heavy (non-hydrogen) atoms. The number of halogens is 3. The Morgan fingerprint density at radius 1 is 1.31 bits per heavy atom. The Kier molecular flexibility index (Phi) is 5.28. The number of aromatic nitrogens is 1. The number of hydrogen-bond donors (Lipinski definition) is 0. The fraction of sp³-hybridized carbons (Fsp3) is 0.368. The van der Waals surface area contributed by atoms with Gasteiger partial charge in [-0.3, -0.25) is 4.99 Å². The molecule has 0 saturated carbocycles. The summed E-state index contributed by atoms with van der Waals surface area (Å²) >= 11 is 6.13. The van der Waals surface area contributed by atoms with E-state index in [0.29, 0.717) is 21.7 Å². The van der Waals surface area contributed by atoms with Gasteiger partial charge < -0.3 is 9.47 Å². The molecule has 1 unspecified atom stereocenters. The molecule has 1 aliphatic heterocycles. The van der Waals surface area contributed by atoms with Gasteiger partial charge in [-0.05, 0) is 38.1 Å². The summed E-state index contributed by atoms with van der Waals surface area (Å²) in [7, 11) is 0. The number of rotatable bonds is 5. The van der Waals surface area contributed by atoms with Crippen LogP contribution in [0.5, 0.6) is 0 Å². The Bertz CT molecular complexity index is 906. The Morgan fingerprint density at radius 2 is 2.04 bits per heavy atom. The van der Waals surface area contributed by atoms with Gasteiger partial charge in [0.05, 0.1) is 22.8 Å². The maximum atomic E-state index is 13.4. The summed E-state index contributed by atoms with van der Waals surface area (Å²) in [5.74, 6) is 0. The second kappa shape index (κ2) is 7.46. The zero-order chi connectivity index (χ0) is 18.8. The van der Waals surface area contributed by atoms with Crippen LogP contribution in [-0.2, 0) is 0 Å². The number of nitriles is 1. The fourth-order valence-corrected chi connectivity index (χ4v) is 3.57. The van der Waals surface area contributed by atoms with Crippen LogP contribution < -0.4 is 0 Å². The molecule has 0 amide bonds. The van der Waals surface area contributed by atoms with Crippen molar-refractivity contribution in [2.75, 3.05) is 13.3 Å². The summed E-state index contributed by atoms with van der Waals surface area (Å²) < 4.78 is 28.7. The van der Waals surface area contributed by atoms with E-state index in [9.17, 15) is 14.0 Å². The lowest BCUT2D eigenvalue weighted by molar-refractivity contribution is 0.142. The van der Waals surface area contributed by atoms with Crippen LogP contribution in [0.25, 0.3) is 10.9 Å². The average Bonchev–Trinajstić information content (AvgIpc) is 2.96. The highest BCUT2D eigenvalue weighted by Gasteiger charge is 2.32. The standard InChI is InChI=1S/C19H19ClF2N4/c1-12(2)26-17-5-4-13(20)8-15(17)16(11-23)18(26)19-24-6-3-7-25(19)14(9-21)10-22/h3-8,12,14,19H,9-10H2,1-2H3. The summed E-state index contributed by atoms with van der Waals surface area (Å²) in [5, 5.41) is 11.1. The third-order valence-corrected chi connectivity index (χ3v) is 4.74. The molecule has 1 aromatic carbocycles. The third-order valence-electron chi connectivity index (χ3n) is 4.51. The minimum atomic E-state index is -0.956. The molecule has 0 saturated heterocycles. The van der Waals surface area contributed by atoms with Gasteiger partial charge >= 0.3 is 0 Å². The van der Waals surface area contributed by atoms with Crippen LogP contribution in [0.3, 0.4) is 0 Å². The molecular formula is C19H19ClF2N4. The second-order valence-electron chi connectivity index (χ2n) is 6.42. The Hall–Kier alpha value is -2.39. The van der Waals surface area contributed by atoms with Gasteiger partial charge in [0.2, 0.25) is 0 Å². The molecule has 1 aliphatic rings. The number of fused-ring (bicyclic) bond motifs is 1. The molecule has 0 fully saturated rings. The van der Waals surface area contributed by atoms with Gasteiger partial charge in [0.1, 0.15) is 19.4 Å². The van der Waals surface area contributed by atoms with Crippen molar-refractivity contribution in [3.05, 3.63) is 46.8 Å². The van der Waals surface area contributed by atoms with Crippen molar-refractivity contribution in [2.45, 2.75) is 32.1 Å². The molecule has 0 radical (unpaired) electrons. The first kappa shape index (κ1) is 18.4. The maximum absolute atomic E-state index is 13.4. The highest BCUT2D eigenvalue weighted by atomic mass is 35.5. The highest BCUT2D eigenvalue weighted by molar-refractivity contribution is 6.31. The molecule has 2 heterocycles. The van der Waals surface area contributed by atoms with Gasteiger partial charge in [-0.15, -0.1) is 0 Å². The topological polar surface area (TPSA) is 44.3 Å². The number of aliphatic imine (C=N–C) groups is 1. The van der Waals surface area contributed by atoms with Crippen LogP contribution in [0.2, 0.25) is 5.02 Å². The van der Waals surface area contributed by atoms with E-state index < -0.39 is 25.6 Å². The normalized spacial score (nSPS) is 16.8. The second-order valence-corrected chi connectivity index (χ2v) is 6.86. The number of alkyl halides is 2. The van der Waals surface area contributed by atoms with E-state index in [4.69, 9.17) is 11.6 Å². The van der Waals surface area contributed by atoms with Crippen molar-refractivity contribution in [2.24, 2.45) is 4.99 Å². The predicted octanol–water partition coefficient (Wildman–Crippen LogP) is 4.95. The zero-order valence-corrected chi connectivity index (χ0v) is 15.3. The van der Waals surface area contributed by atoms with E-state index in [1.54, 1.807) is 30.6 Å². The molecule has 1 atom stereocenters. The Balaban J connectivity index is 2.29. The number of nitrogens with zero attached hydrogens (tertiary/aromatic N) is 4. The van der Waals surface area contributed by atoms with E-state index >= 15 is 0 Å². The molecule has 0 aliphatic carbocycles. The van der Waals surface area contributed by atoms with Crippen LogP contribution in [0, 0.1) is 11.3 Å². The highest BCUT2D eigenvalue weighted by Crippen LogP contribution is 2.38. The third kappa shape index (κ3) is 2.97. The van der Waals surface area contributed by atoms with E-state index in [0.717, 1.165) is 5.52 Å². The van der Waals surface area contributed by atoms with Crippen LogP contribution in [0.1, 0.15) is 37.3 Å². The number of hydrogen-bond acceptors (Lipinski definition) is 3. The van der Waals surface area contributed by atoms with Crippen LogP contribution in [0.15, 0.2) is 35.5 Å². The SMILES string of the molecule is CC(C)n1c(C2N=CC=CN2C(CF)CF)c(C#N)c2cc(Cl)ccc21. The average molecular weight is 377 g/mol. The van der Waals surface area contributed by atoms with Gasteiger partial charge in [-0.25, -0.2) is 8.78 Å². The van der Waals surface area contributed by atoms with Gasteiger partial charge in [-0.1, -0.05) is 11.6 Å². The van der Waals surface area contributed by atoms with Crippen molar-refractivity contribution in [1.82, 2.24) is 9.47 Å². The van der Waals surface area contributed by atoms with Crippen molar-refractivity contribution in [3.8, 4) is 6.07 Å². The van der Waals surface area contributed by atoms with Crippen LogP contribution >= 0.6 is 11.6 Å². The summed E-state index contributed by atoms with van der Waals surface area (Å²) in [6.07, 6.45) is 4.17. The quantitative estimate of drug-likeness (QED) is 0.740. The van der Waals surface area contributed by atoms with Gasteiger partial charge in [-0.2, -0.15) is 5.26 Å². The maximum Gasteiger partial charge on any atom is 0.163 e. The van der Waals surface area contributed by atoms with E-state index in [-0.39, 0.29) is 6.04 Å². The molecule has 0 bridgehead atoms. The smallest absolute Gasteiger partial charge is 0.163 e. The lowest BCUT2D eigenvalue weighted by Crippen LogP contribution is -2.39. The summed E-state index contributed by atoms with van der Waals surface area (Å²) in [5.41, 5.74) is 1.89. The van der Waals surface area contributed by atoms with E-state index in [1.807, 2.05) is 24.5 Å². The minimum Gasteiger partial charge on any atom is -0.343 e. The molecule has 3 rings (SSSR count). The van der Waals surface area contributed by atoms with E-state index in [2.05, 4.69) is 11.1 Å². The molecular weight excluding hydrogens is 358 g/mol. The first-order valence-corrected chi connectivity index (χ1v) is 8.74. The Morgan fingerprint density at radius 3 is 2.65 bits per heavy atom. The lowest BCUT2D eigenvalue weighted by atomic mass is 10.1. The molecule has 136 valence electrons. The summed E-state index contributed by atoms with van der Waals surface area (Å²) in [6, 6.07) is 6.67.